The fourth-order valence-corrected chi connectivity index (χ4v) is 7.25. The van der Waals surface area contributed by atoms with Crippen LogP contribution < -0.4 is 0 Å². The molecule has 2 aromatic heterocycles. The molecule has 194 valence electrons. The molecule has 0 bridgehead atoms. The molecule has 0 fully saturated rings. The van der Waals surface area contributed by atoms with Gasteiger partial charge >= 0.3 is 0 Å². The number of rotatable bonds is 3. The molecule has 42 heavy (non-hydrogen) atoms. The van der Waals surface area contributed by atoms with Crippen LogP contribution in [0.4, 0.5) is 0 Å². The van der Waals surface area contributed by atoms with Gasteiger partial charge < -0.3 is 4.57 Å². The van der Waals surface area contributed by atoms with E-state index in [1.807, 2.05) is 53.8 Å². The summed E-state index contributed by atoms with van der Waals surface area (Å²) in [5.74, 6) is 0. The lowest BCUT2D eigenvalue weighted by Gasteiger charge is -2.16. The number of benzene rings is 6. The van der Waals surface area contributed by atoms with E-state index in [1.54, 1.807) is 0 Å². The maximum atomic E-state index is 10.3. The number of nitriles is 2. The van der Waals surface area contributed by atoms with Crippen molar-refractivity contribution in [1.82, 2.24) is 4.57 Å². The van der Waals surface area contributed by atoms with Gasteiger partial charge in [-0.15, -0.1) is 11.3 Å². The maximum absolute atomic E-state index is 10.3. The smallest absolute Gasteiger partial charge is 0.101 e. The van der Waals surface area contributed by atoms with E-state index < -0.39 is 0 Å². The van der Waals surface area contributed by atoms with Crippen LogP contribution in [0.25, 0.3) is 69.9 Å². The molecule has 0 radical (unpaired) electrons. The standard InChI is InChI=1S/C38H21N3S/c39-22-24-15-17-35-32(19-24)30-10-1-3-13-34(30)41(35)38-28(23-40)9-6-12-29(38)27-8-5-7-25(20-27)26-16-18-37-33(21-26)31-11-2-4-14-36(31)42-37/h1-21H. The van der Waals surface area contributed by atoms with Crippen LogP contribution in [-0.2, 0) is 0 Å². The normalized spacial score (nSPS) is 11.3. The molecule has 0 aliphatic carbocycles. The Bertz CT molecular complexity index is 2450. The minimum atomic E-state index is 0.594. The van der Waals surface area contributed by atoms with Crippen LogP contribution in [0.3, 0.4) is 0 Å². The summed E-state index contributed by atoms with van der Waals surface area (Å²) < 4.78 is 4.76. The Kier molecular flexibility index (Phi) is 5.44. The predicted octanol–water partition coefficient (Wildman–Crippen LogP) is 10.2. The van der Waals surface area contributed by atoms with Crippen LogP contribution in [0.15, 0.2) is 127 Å². The molecule has 0 amide bonds. The molecular weight excluding hydrogens is 531 g/mol. The zero-order valence-corrected chi connectivity index (χ0v) is 23.2. The quantitative estimate of drug-likeness (QED) is 0.219. The van der Waals surface area contributed by atoms with E-state index in [0.717, 1.165) is 49.7 Å². The Morgan fingerprint density at radius 2 is 1.24 bits per heavy atom. The molecule has 0 unspecified atom stereocenters. The molecular formula is C38H21N3S. The Hall–Kier alpha value is -5.68. The highest BCUT2D eigenvalue weighted by Crippen LogP contribution is 2.40. The fourth-order valence-electron chi connectivity index (χ4n) is 6.16. The highest BCUT2D eigenvalue weighted by atomic mass is 32.1. The zero-order chi connectivity index (χ0) is 28.2. The third-order valence-corrected chi connectivity index (χ3v) is 9.22. The van der Waals surface area contributed by atoms with Crippen molar-refractivity contribution in [1.29, 1.82) is 10.5 Å². The summed E-state index contributed by atoms with van der Waals surface area (Å²) in [4.78, 5) is 0. The van der Waals surface area contributed by atoms with Crippen molar-refractivity contribution in [3.8, 4) is 40.1 Å². The second-order valence-electron chi connectivity index (χ2n) is 10.4. The van der Waals surface area contributed by atoms with Gasteiger partial charge in [-0.2, -0.15) is 10.5 Å². The van der Waals surface area contributed by atoms with Crippen LogP contribution in [0.2, 0.25) is 0 Å². The number of aromatic nitrogens is 1. The summed E-state index contributed by atoms with van der Waals surface area (Å²) in [6.07, 6.45) is 0. The molecule has 0 N–H and O–H groups in total. The Balaban J connectivity index is 1.36. The van der Waals surface area contributed by atoms with Crippen LogP contribution in [0.5, 0.6) is 0 Å². The van der Waals surface area contributed by atoms with Gasteiger partial charge in [-0.1, -0.05) is 72.8 Å². The van der Waals surface area contributed by atoms with E-state index >= 15 is 0 Å². The van der Waals surface area contributed by atoms with Gasteiger partial charge in [0.15, 0.2) is 0 Å². The van der Waals surface area contributed by atoms with Crippen molar-refractivity contribution in [2.45, 2.75) is 0 Å². The van der Waals surface area contributed by atoms with Crippen molar-refractivity contribution in [2.24, 2.45) is 0 Å². The van der Waals surface area contributed by atoms with Crippen molar-refractivity contribution >= 4 is 53.3 Å². The van der Waals surface area contributed by atoms with Crippen molar-refractivity contribution in [3.05, 3.63) is 139 Å². The molecule has 2 heterocycles. The van der Waals surface area contributed by atoms with Gasteiger partial charge in [-0.3, -0.25) is 0 Å². The molecule has 6 aromatic carbocycles. The molecule has 0 spiro atoms. The maximum Gasteiger partial charge on any atom is 0.101 e. The molecule has 0 saturated heterocycles. The van der Waals surface area contributed by atoms with E-state index in [-0.39, 0.29) is 0 Å². The Labute approximate surface area is 246 Å². The van der Waals surface area contributed by atoms with Gasteiger partial charge in [0.25, 0.3) is 0 Å². The summed E-state index contributed by atoms with van der Waals surface area (Å²) in [5, 5.41) is 24.5. The topological polar surface area (TPSA) is 52.5 Å². The number of thiophene rings is 1. The van der Waals surface area contributed by atoms with Crippen LogP contribution in [-0.4, -0.2) is 4.57 Å². The van der Waals surface area contributed by atoms with E-state index in [4.69, 9.17) is 0 Å². The van der Waals surface area contributed by atoms with E-state index in [9.17, 15) is 10.5 Å². The van der Waals surface area contributed by atoms with Crippen molar-refractivity contribution in [2.75, 3.05) is 0 Å². The fraction of sp³-hybridized carbons (Fsp3) is 0. The van der Waals surface area contributed by atoms with Gasteiger partial charge in [0.1, 0.15) is 6.07 Å². The first-order valence-electron chi connectivity index (χ1n) is 13.7. The van der Waals surface area contributed by atoms with Gasteiger partial charge in [0.2, 0.25) is 0 Å². The van der Waals surface area contributed by atoms with Crippen LogP contribution in [0.1, 0.15) is 11.1 Å². The first kappa shape index (κ1) is 24.1. The number of hydrogen-bond donors (Lipinski definition) is 0. The third-order valence-electron chi connectivity index (χ3n) is 8.07. The zero-order valence-electron chi connectivity index (χ0n) is 22.4. The minimum absolute atomic E-state index is 0.594. The van der Waals surface area contributed by atoms with Crippen molar-refractivity contribution in [3.63, 3.8) is 0 Å². The molecule has 3 nitrogen and oxygen atoms in total. The first-order chi connectivity index (χ1) is 20.7. The molecule has 0 atom stereocenters. The summed E-state index contributed by atoms with van der Waals surface area (Å²) in [5.41, 5.74) is 8.30. The molecule has 0 aliphatic rings. The lowest BCUT2D eigenvalue weighted by atomic mass is 9.95. The Morgan fingerprint density at radius 3 is 2.12 bits per heavy atom. The lowest BCUT2D eigenvalue weighted by molar-refractivity contribution is 1.17. The molecule has 0 aliphatic heterocycles. The summed E-state index contributed by atoms with van der Waals surface area (Å²) in [6.45, 7) is 0. The Morgan fingerprint density at radius 1 is 0.500 bits per heavy atom. The monoisotopic (exact) mass is 551 g/mol. The molecule has 0 saturated carbocycles. The van der Waals surface area contributed by atoms with Crippen LogP contribution >= 0.6 is 11.3 Å². The number of para-hydroxylation sites is 2. The summed E-state index contributed by atoms with van der Waals surface area (Å²) >= 11 is 1.82. The predicted molar refractivity (Wildman–Crippen MR) is 174 cm³/mol. The van der Waals surface area contributed by atoms with E-state index in [0.29, 0.717) is 11.1 Å². The van der Waals surface area contributed by atoms with E-state index in [2.05, 4.69) is 102 Å². The van der Waals surface area contributed by atoms with Gasteiger partial charge in [-0.05, 0) is 71.3 Å². The van der Waals surface area contributed by atoms with Gasteiger partial charge in [0.05, 0.1) is 33.9 Å². The average Bonchev–Trinajstić information content (AvgIpc) is 3.59. The summed E-state index contributed by atoms with van der Waals surface area (Å²) in [6, 6.07) is 48.5. The van der Waals surface area contributed by atoms with Crippen LogP contribution in [0, 0.1) is 22.7 Å². The lowest BCUT2D eigenvalue weighted by Crippen LogP contribution is -2.01. The van der Waals surface area contributed by atoms with Gasteiger partial charge in [-0.25, -0.2) is 0 Å². The second kappa shape index (κ2) is 9.46. The number of fused-ring (bicyclic) bond motifs is 6. The number of hydrogen-bond acceptors (Lipinski definition) is 3. The van der Waals surface area contributed by atoms with Crippen molar-refractivity contribution < 1.29 is 0 Å². The molecule has 8 rings (SSSR count). The highest BCUT2D eigenvalue weighted by molar-refractivity contribution is 7.25. The van der Waals surface area contributed by atoms with Gasteiger partial charge in [0, 0.05) is 36.5 Å². The first-order valence-corrected chi connectivity index (χ1v) is 14.5. The third kappa shape index (κ3) is 3.64. The average molecular weight is 552 g/mol. The summed E-state index contributed by atoms with van der Waals surface area (Å²) in [7, 11) is 0. The molecule has 4 heteroatoms. The largest absolute Gasteiger partial charge is 0.307 e. The SMILES string of the molecule is N#Cc1ccc2c(c1)c1ccccc1n2-c1c(C#N)cccc1-c1cccc(-c2ccc3sc4ccccc4c3c2)c1. The second-order valence-corrected chi connectivity index (χ2v) is 11.5. The minimum Gasteiger partial charge on any atom is -0.307 e. The van der Waals surface area contributed by atoms with E-state index in [1.165, 1.54) is 20.2 Å². The number of nitrogens with zero attached hydrogens (tertiary/aromatic N) is 3. The molecule has 8 aromatic rings. The highest BCUT2D eigenvalue weighted by Gasteiger charge is 2.19.